The lowest BCUT2D eigenvalue weighted by atomic mass is 10.2. The summed E-state index contributed by atoms with van der Waals surface area (Å²) in [5.74, 6) is 1.69. The molecule has 3 aromatic rings. The van der Waals surface area contributed by atoms with Crippen LogP contribution in [0.15, 0.2) is 42.5 Å². The van der Waals surface area contributed by atoms with E-state index >= 15 is 0 Å². The molecule has 3 rings (SSSR count). The number of hydrogen-bond acceptors (Lipinski definition) is 4. The normalized spacial score (nSPS) is 10.8. The van der Waals surface area contributed by atoms with E-state index in [1.807, 2.05) is 41.1 Å². The molecule has 5 nitrogen and oxygen atoms in total. The van der Waals surface area contributed by atoms with Crippen molar-refractivity contribution in [3.63, 3.8) is 0 Å². The van der Waals surface area contributed by atoms with Crippen LogP contribution >= 0.6 is 35.4 Å². The molecule has 27 heavy (non-hydrogen) atoms. The van der Waals surface area contributed by atoms with E-state index < -0.39 is 0 Å². The topological polar surface area (TPSA) is 54.9 Å². The highest BCUT2D eigenvalue weighted by Gasteiger charge is 2.05. The third-order valence-corrected chi connectivity index (χ3v) is 4.98. The van der Waals surface area contributed by atoms with E-state index in [1.54, 1.807) is 6.07 Å². The van der Waals surface area contributed by atoms with Crippen molar-refractivity contribution < 1.29 is 4.74 Å². The average molecular weight is 423 g/mol. The highest BCUT2D eigenvalue weighted by Crippen LogP contribution is 2.23. The van der Waals surface area contributed by atoms with Crippen molar-refractivity contribution in [3.8, 4) is 5.75 Å². The molecule has 0 saturated carbocycles. The second kappa shape index (κ2) is 9.26. The molecular formula is C19H20Cl2N4OS. The highest BCUT2D eigenvalue weighted by atomic mass is 35.5. The van der Waals surface area contributed by atoms with E-state index in [2.05, 4.69) is 22.5 Å². The molecule has 0 fully saturated rings. The maximum atomic E-state index is 6.02. The third-order valence-electron chi connectivity index (χ3n) is 3.97. The lowest BCUT2D eigenvalue weighted by Crippen LogP contribution is -2.17. The van der Waals surface area contributed by atoms with Gasteiger partial charge in [-0.25, -0.2) is 4.68 Å². The van der Waals surface area contributed by atoms with Gasteiger partial charge < -0.3 is 10.2 Å². The van der Waals surface area contributed by atoms with Crippen LogP contribution in [0.1, 0.15) is 30.3 Å². The molecule has 1 heterocycles. The number of aryl methyl sites for hydroxylation is 1. The quantitative estimate of drug-likeness (QED) is 0.469. The number of H-pyrrole nitrogens is 1. The minimum Gasteiger partial charge on any atom is -0.489 e. The van der Waals surface area contributed by atoms with E-state index in [0.717, 1.165) is 35.5 Å². The standard InChI is InChI=1S/C19H20Cl2N4OS/c1-2-3-18-23-24-19(27)25(18)22-11-13-4-7-15(8-5-13)26-12-14-6-9-16(20)17(21)10-14/h4-10,22H,2-3,11-12H2,1H3,(H,24,27). The maximum Gasteiger partial charge on any atom is 0.214 e. The van der Waals surface area contributed by atoms with E-state index in [4.69, 9.17) is 40.2 Å². The average Bonchev–Trinajstić information content (AvgIpc) is 3.02. The Balaban J connectivity index is 1.56. The van der Waals surface area contributed by atoms with Gasteiger partial charge in [0.15, 0.2) is 5.82 Å². The molecule has 2 N–H and O–H groups in total. The number of halogens is 2. The molecule has 0 spiro atoms. The molecule has 0 saturated heterocycles. The van der Waals surface area contributed by atoms with Gasteiger partial charge in [-0.2, -0.15) is 5.10 Å². The van der Waals surface area contributed by atoms with Crippen molar-refractivity contribution in [2.24, 2.45) is 0 Å². The second-order valence-corrected chi connectivity index (χ2v) is 7.25. The first kappa shape index (κ1) is 19.7. The van der Waals surface area contributed by atoms with Gasteiger partial charge in [-0.3, -0.25) is 5.10 Å². The maximum absolute atomic E-state index is 6.02. The zero-order chi connectivity index (χ0) is 19.2. The van der Waals surface area contributed by atoms with Gasteiger partial charge in [0.1, 0.15) is 12.4 Å². The minimum absolute atomic E-state index is 0.430. The Morgan fingerprint density at radius 1 is 1.11 bits per heavy atom. The fraction of sp³-hybridized carbons (Fsp3) is 0.263. The number of hydrogen-bond donors (Lipinski definition) is 2. The van der Waals surface area contributed by atoms with Crippen molar-refractivity contribution >= 4 is 35.4 Å². The molecule has 142 valence electrons. The zero-order valence-corrected chi connectivity index (χ0v) is 17.2. The van der Waals surface area contributed by atoms with E-state index in [1.165, 1.54) is 0 Å². The van der Waals surface area contributed by atoms with Gasteiger partial charge >= 0.3 is 0 Å². The first-order valence-corrected chi connectivity index (χ1v) is 9.79. The van der Waals surface area contributed by atoms with Gasteiger partial charge in [-0.15, -0.1) is 0 Å². The fourth-order valence-electron chi connectivity index (χ4n) is 2.55. The van der Waals surface area contributed by atoms with E-state index in [-0.39, 0.29) is 0 Å². The van der Waals surface area contributed by atoms with Crippen molar-refractivity contribution in [3.05, 3.63) is 74.2 Å². The predicted molar refractivity (Wildman–Crippen MR) is 112 cm³/mol. The van der Waals surface area contributed by atoms with Gasteiger partial charge in [0.05, 0.1) is 16.6 Å². The van der Waals surface area contributed by atoms with Crippen molar-refractivity contribution in [2.45, 2.75) is 32.9 Å². The largest absolute Gasteiger partial charge is 0.489 e. The van der Waals surface area contributed by atoms with Crippen LogP contribution < -0.4 is 10.2 Å². The Morgan fingerprint density at radius 2 is 1.85 bits per heavy atom. The summed E-state index contributed by atoms with van der Waals surface area (Å²) in [7, 11) is 0. The zero-order valence-electron chi connectivity index (χ0n) is 14.8. The van der Waals surface area contributed by atoms with E-state index in [0.29, 0.717) is 28.0 Å². The third kappa shape index (κ3) is 5.25. The Bertz CT molecular complexity index is 953. The molecule has 0 aliphatic heterocycles. The first-order valence-electron chi connectivity index (χ1n) is 8.62. The van der Waals surface area contributed by atoms with Gasteiger partial charge in [-0.1, -0.05) is 48.3 Å². The highest BCUT2D eigenvalue weighted by molar-refractivity contribution is 7.71. The molecule has 0 atom stereocenters. The second-order valence-electron chi connectivity index (χ2n) is 6.05. The summed E-state index contributed by atoms with van der Waals surface area (Å²) < 4.78 is 8.20. The lowest BCUT2D eigenvalue weighted by Gasteiger charge is -2.11. The summed E-state index contributed by atoms with van der Waals surface area (Å²) in [6.07, 6.45) is 1.87. The Kier molecular flexibility index (Phi) is 6.77. The van der Waals surface area contributed by atoms with Crippen molar-refractivity contribution in [2.75, 3.05) is 5.43 Å². The first-order chi connectivity index (χ1) is 13.1. The van der Waals surface area contributed by atoms with Crippen LogP contribution in [-0.4, -0.2) is 14.9 Å². The van der Waals surface area contributed by atoms with Crippen LogP contribution in [0.4, 0.5) is 0 Å². The summed E-state index contributed by atoms with van der Waals surface area (Å²) in [5.41, 5.74) is 5.38. The molecule has 2 aromatic carbocycles. The van der Waals surface area contributed by atoms with Gasteiger partial charge in [-0.05, 0) is 54.0 Å². The predicted octanol–water partition coefficient (Wildman–Crippen LogP) is 5.52. The SMILES string of the molecule is CCCc1n[nH]c(=S)n1NCc1ccc(OCc2ccc(Cl)c(Cl)c2)cc1. The molecule has 0 amide bonds. The number of aromatic amines is 1. The van der Waals surface area contributed by atoms with Crippen LogP contribution in [0.25, 0.3) is 0 Å². The van der Waals surface area contributed by atoms with Crippen LogP contribution in [0.3, 0.4) is 0 Å². The summed E-state index contributed by atoms with van der Waals surface area (Å²) in [4.78, 5) is 0. The van der Waals surface area contributed by atoms with Crippen LogP contribution in [0.2, 0.25) is 10.0 Å². The minimum atomic E-state index is 0.430. The number of aromatic nitrogens is 3. The van der Waals surface area contributed by atoms with Crippen LogP contribution in [0, 0.1) is 4.77 Å². The number of nitrogens with one attached hydrogen (secondary N) is 2. The summed E-state index contributed by atoms with van der Waals surface area (Å²) >= 11 is 17.2. The Labute approximate surface area is 173 Å². The molecular weight excluding hydrogens is 403 g/mol. The Hall–Kier alpha value is -2.02. The van der Waals surface area contributed by atoms with Crippen LogP contribution in [-0.2, 0) is 19.6 Å². The summed E-state index contributed by atoms with van der Waals surface area (Å²) in [5, 5.41) is 8.13. The fourth-order valence-corrected chi connectivity index (χ4v) is 3.09. The van der Waals surface area contributed by atoms with Crippen molar-refractivity contribution in [1.82, 2.24) is 14.9 Å². The molecule has 0 radical (unpaired) electrons. The molecule has 0 bridgehead atoms. The van der Waals surface area contributed by atoms with E-state index in [9.17, 15) is 0 Å². The van der Waals surface area contributed by atoms with Gasteiger partial charge in [0.25, 0.3) is 0 Å². The number of rotatable bonds is 8. The van der Waals surface area contributed by atoms with Crippen molar-refractivity contribution in [1.29, 1.82) is 0 Å². The number of nitrogens with zero attached hydrogens (tertiary/aromatic N) is 2. The number of ether oxygens (including phenoxy) is 1. The number of benzene rings is 2. The van der Waals surface area contributed by atoms with Gasteiger partial charge in [0, 0.05) is 6.42 Å². The summed E-state index contributed by atoms with van der Waals surface area (Å²) in [6, 6.07) is 13.4. The molecule has 0 aliphatic rings. The lowest BCUT2D eigenvalue weighted by molar-refractivity contribution is 0.306. The van der Waals surface area contributed by atoms with Gasteiger partial charge in [0.2, 0.25) is 4.77 Å². The molecule has 0 aliphatic carbocycles. The molecule has 8 heteroatoms. The summed E-state index contributed by atoms with van der Waals surface area (Å²) in [6.45, 7) is 3.18. The monoisotopic (exact) mass is 422 g/mol. The smallest absolute Gasteiger partial charge is 0.214 e. The molecule has 1 aromatic heterocycles. The van der Waals surface area contributed by atoms with Crippen LogP contribution in [0.5, 0.6) is 5.75 Å². The molecule has 0 unspecified atom stereocenters. The Morgan fingerprint density at radius 3 is 2.56 bits per heavy atom.